The van der Waals surface area contributed by atoms with Crippen LogP contribution in [0, 0.1) is 13.8 Å². The second-order valence-corrected chi connectivity index (χ2v) is 14.2. The SMILES string of the molecule is CCN(CC)CCNC(=O)c1c(C)[nH]c(/C=C2\C(=O)Nc3ccc(OC(=O)CCC(=O)Oc4ccc(CNC(=O)Nc5nc(-c6ccncc6)cs5)cc4)cc32)c1C. The van der Waals surface area contributed by atoms with Crippen LogP contribution in [0.1, 0.15) is 65.1 Å². The Kier molecular flexibility index (Phi) is 13.4. The Hall–Kier alpha value is -6.65. The maximum Gasteiger partial charge on any atom is 0.321 e. The number of H-pyrrole nitrogens is 1. The number of rotatable bonds is 16. The van der Waals surface area contributed by atoms with E-state index < -0.39 is 18.0 Å². The van der Waals surface area contributed by atoms with Crippen molar-refractivity contribution in [2.24, 2.45) is 0 Å². The van der Waals surface area contributed by atoms with Crippen LogP contribution in [-0.4, -0.2) is 75.8 Å². The lowest BCUT2D eigenvalue weighted by molar-refractivity contribution is -0.140. The second kappa shape index (κ2) is 19.0. The first-order valence-corrected chi connectivity index (χ1v) is 19.7. The van der Waals surface area contributed by atoms with Crippen molar-refractivity contribution in [3.05, 3.63) is 106 Å². The minimum atomic E-state index is -0.654. The molecular formula is C42H44N8O7S. The van der Waals surface area contributed by atoms with Gasteiger partial charge in [0.1, 0.15) is 11.5 Å². The number of urea groups is 1. The molecule has 15 nitrogen and oxygen atoms in total. The molecule has 3 aromatic heterocycles. The number of fused-ring (bicyclic) bond motifs is 1. The molecule has 4 heterocycles. The minimum absolute atomic E-state index is 0.188. The van der Waals surface area contributed by atoms with E-state index in [2.05, 4.69) is 55.0 Å². The van der Waals surface area contributed by atoms with E-state index in [9.17, 15) is 24.0 Å². The number of benzene rings is 2. The Labute approximate surface area is 339 Å². The fourth-order valence-electron chi connectivity index (χ4n) is 6.29. The molecule has 0 fully saturated rings. The van der Waals surface area contributed by atoms with Gasteiger partial charge in [0.2, 0.25) is 0 Å². The van der Waals surface area contributed by atoms with Crippen LogP contribution in [0.15, 0.2) is 72.4 Å². The standard InChI is InChI=1S/C42H44N8O7S/c1-5-50(6-2)20-19-44-40(54)38-25(3)34(46-26(38)4)22-32-31-21-30(11-12-33(31)47-39(32)53)57-37(52)14-13-36(51)56-29-9-7-27(8-10-29)23-45-41(55)49-42-48-35(24-58-42)28-15-17-43-18-16-28/h7-12,15-18,21-22,24,46H,5-6,13-14,19-20,23H2,1-4H3,(H,44,54)(H,47,53)(H2,45,48,49,55)/b32-22-. The average Bonchev–Trinajstić information content (AvgIpc) is 3.89. The van der Waals surface area contributed by atoms with Gasteiger partial charge in [-0.05, 0) is 86.6 Å². The van der Waals surface area contributed by atoms with E-state index in [0.29, 0.717) is 51.0 Å². The van der Waals surface area contributed by atoms with Crippen LogP contribution >= 0.6 is 11.3 Å². The lowest BCUT2D eigenvalue weighted by Gasteiger charge is -2.18. The van der Waals surface area contributed by atoms with E-state index in [1.807, 2.05) is 31.4 Å². The van der Waals surface area contributed by atoms with Gasteiger partial charge in [-0.2, -0.15) is 0 Å². The van der Waals surface area contributed by atoms with Crippen LogP contribution in [0.5, 0.6) is 11.5 Å². The molecule has 5 aromatic rings. The summed E-state index contributed by atoms with van der Waals surface area (Å²) in [6.07, 6.45) is 4.57. The van der Waals surface area contributed by atoms with E-state index in [1.165, 1.54) is 11.3 Å². The summed E-state index contributed by atoms with van der Waals surface area (Å²) in [7, 11) is 0. The third kappa shape index (κ3) is 10.4. The topological polar surface area (TPSA) is 197 Å². The molecule has 0 spiro atoms. The van der Waals surface area contributed by atoms with Gasteiger partial charge in [0.05, 0.1) is 29.7 Å². The van der Waals surface area contributed by atoms with E-state index in [4.69, 9.17) is 9.47 Å². The molecule has 16 heteroatoms. The first-order chi connectivity index (χ1) is 28.0. The van der Waals surface area contributed by atoms with E-state index >= 15 is 0 Å². The van der Waals surface area contributed by atoms with Crippen LogP contribution in [0.4, 0.5) is 15.6 Å². The molecule has 6 rings (SSSR count). The minimum Gasteiger partial charge on any atom is -0.427 e. The van der Waals surface area contributed by atoms with Gasteiger partial charge in [0.15, 0.2) is 5.13 Å². The monoisotopic (exact) mass is 804 g/mol. The van der Waals surface area contributed by atoms with Crippen molar-refractivity contribution in [2.45, 2.75) is 47.1 Å². The van der Waals surface area contributed by atoms with Crippen molar-refractivity contribution in [2.75, 3.05) is 36.8 Å². The van der Waals surface area contributed by atoms with Gasteiger partial charge in [0.25, 0.3) is 11.8 Å². The molecular weight excluding hydrogens is 761 g/mol. The lowest BCUT2D eigenvalue weighted by atomic mass is 10.0. The summed E-state index contributed by atoms with van der Waals surface area (Å²) in [6, 6.07) is 14.6. The fraction of sp³-hybridized carbons (Fsp3) is 0.262. The van der Waals surface area contributed by atoms with Crippen molar-refractivity contribution < 1.29 is 33.4 Å². The Morgan fingerprint density at radius 2 is 1.59 bits per heavy atom. The highest BCUT2D eigenvalue weighted by Gasteiger charge is 2.27. The molecule has 0 atom stereocenters. The average molecular weight is 805 g/mol. The summed E-state index contributed by atoms with van der Waals surface area (Å²) in [6.45, 7) is 11.1. The van der Waals surface area contributed by atoms with Crippen LogP contribution in [-0.2, 0) is 20.9 Å². The van der Waals surface area contributed by atoms with E-state index in [0.717, 1.165) is 36.5 Å². The number of aromatic amines is 1. The third-order valence-electron chi connectivity index (χ3n) is 9.45. The fourth-order valence-corrected chi connectivity index (χ4v) is 7.00. The van der Waals surface area contributed by atoms with Gasteiger partial charge in [0, 0.05) is 65.6 Å². The van der Waals surface area contributed by atoms with Crippen molar-refractivity contribution >= 4 is 63.6 Å². The van der Waals surface area contributed by atoms with Crippen molar-refractivity contribution in [1.29, 1.82) is 0 Å². The Bertz CT molecular complexity index is 2330. The highest BCUT2D eigenvalue weighted by Crippen LogP contribution is 2.36. The highest BCUT2D eigenvalue weighted by molar-refractivity contribution is 7.14. The summed E-state index contributed by atoms with van der Waals surface area (Å²) in [5.74, 6) is -1.32. The maximum atomic E-state index is 13.1. The number of carbonyl (C=O) groups excluding carboxylic acids is 5. The smallest absolute Gasteiger partial charge is 0.321 e. The van der Waals surface area contributed by atoms with Gasteiger partial charge >= 0.3 is 18.0 Å². The third-order valence-corrected chi connectivity index (χ3v) is 10.2. The number of pyridine rings is 1. The molecule has 300 valence electrons. The van der Waals surface area contributed by atoms with Crippen molar-refractivity contribution in [3.8, 4) is 22.8 Å². The maximum absolute atomic E-state index is 13.1. The van der Waals surface area contributed by atoms with E-state index in [-0.39, 0.29) is 42.7 Å². The second-order valence-electron chi connectivity index (χ2n) is 13.3. The number of nitrogens with one attached hydrogen (secondary N) is 5. The zero-order chi connectivity index (χ0) is 41.2. The Balaban J connectivity index is 0.967. The van der Waals surface area contributed by atoms with Crippen molar-refractivity contribution in [3.63, 3.8) is 0 Å². The van der Waals surface area contributed by atoms with Gasteiger partial charge in [-0.3, -0.25) is 29.5 Å². The number of hydrogen-bond donors (Lipinski definition) is 5. The number of esters is 2. The number of aromatic nitrogens is 3. The molecule has 0 unspecified atom stereocenters. The van der Waals surface area contributed by atoms with Gasteiger partial charge in [-0.25, -0.2) is 9.78 Å². The highest BCUT2D eigenvalue weighted by atomic mass is 32.1. The quantitative estimate of drug-likeness (QED) is 0.0427. The summed E-state index contributed by atoms with van der Waals surface area (Å²) in [4.78, 5) is 77.7. The molecule has 2 aromatic carbocycles. The Morgan fingerprint density at radius 3 is 2.29 bits per heavy atom. The number of aryl methyl sites for hydroxylation is 1. The number of ether oxygens (including phenoxy) is 2. The van der Waals surface area contributed by atoms with Crippen LogP contribution in [0.2, 0.25) is 0 Å². The van der Waals surface area contributed by atoms with Crippen LogP contribution in [0.25, 0.3) is 22.9 Å². The van der Waals surface area contributed by atoms with Gasteiger partial charge < -0.3 is 35.3 Å². The van der Waals surface area contributed by atoms with Gasteiger partial charge in [-0.1, -0.05) is 26.0 Å². The number of likely N-dealkylation sites (N-methyl/N-ethyl adjacent to an activating group) is 1. The molecule has 0 radical (unpaired) electrons. The van der Waals surface area contributed by atoms with E-state index in [1.54, 1.807) is 60.9 Å². The van der Waals surface area contributed by atoms with Crippen LogP contribution < -0.4 is 30.7 Å². The van der Waals surface area contributed by atoms with Gasteiger partial charge in [-0.15, -0.1) is 11.3 Å². The lowest BCUT2D eigenvalue weighted by Crippen LogP contribution is -2.35. The number of thiazole rings is 1. The predicted molar refractivity (Wildman–Crippen MR) is 221 cm³/mol. The number of hydrogen-bond acceptors (Lipinski definition) is 11. The first kappa shape index (κ1) is 41.0. The molecule has 0 bridgehead atoms. The number of amides is 4. The van der Waals surface area contributed by atoms with Crippen molar-refractivity contribution in [1.82, 2.24) is 30.5 Å². The molecule has 0 saturated heterocycles. The molecule has 1 aliphatic rings. The number of nitrogens with zero attached hydrogens (tertiary/aromatic N) is 3. The Morgan fingerprint density at radius 1 is 0.897 bits per heavy atom. The summed E-state index contributed by atoms with van der Waals surface area (Å²) in [5.41, 5.74) is 6.35. The first-order valence-electron chi connectivity index (χ1n) is 18.8. The molecule has 0 saturated carbocycles. The summed E-state index contributed by atoms with van der Waals surface area (Å²) < 4.78 is 10.9. The summed E-state index contributed by atoms with van der Waals surface area (Å²) in [5, 5.41) is 13.6. The van der Waals surface area contributed by atoms with Crippen LogP contribution in [0.3, 0.4) is 0 Å². The number of carbonyl (C=O) groups is 5. The molecule has 58 heavy (non-hydrogen) atoms. The zero-order valence-corrected chi connectivity index (χ0v) is 33.4. The molecule has 0 aliphatic carbocycles. The normalized spacial score (nSPS) is 12.6. The predicted octanol–water partition coefficient (Wildman–Crippen LogP) is 6.33. The summed E-state index contributed by atoms with van der Waals surface area (Å²) >= 11 is 1.31. The zero-order valence-electron chi connectivity index (χ0n) is 32.6. The largest absolute Gasteiger partial charge is 0.427 e. The molecule has 5 N–H and O–H groups in total. The molecule has 1 aliphatic heterocycles. The molecule has 4 amide bonds. The number of anilines is 2.